The van der Waals surface area contributed by atoms with Crippen molar-refractivity contribution < 1.29 is 4.39 Å². The van der Waals surface area contributed by atoms with Gasteiger partial charge in [-0.1, -0.05) is 23.7 Å². The highest BCUT2D eigenvalue weighted by molar-refractivity contribution is 6.30. The fourth-order valence-corrected chi connectivity index (χ4v) is 2.80. The van der Waals surface area contributed by atoms with E-state index in [2.05, 4.69) is 4.57 Å². The number of para-hydroxylation sites is 2. The summed E-state index contributed by atoms with van der Waals surface area (Å²) in [6.07, 6.45) is 0. The number of hydrogen-bond acceptors (Lipinski definition) is 1. The Morgan fingerprint density at radius 3 is 2.26 bits per heavy atom. The molecule has 0 N–H and O–H groups in total. The first kappa shape index (κ1) is 14.0. The molecule has 0 amide bonds. The van der Waals surface area contributed by atoms with Crippen LogP contribution in [0.2, 0.25) is 5.02 Å². The van der Waals surface area contributed by atoms with Gasteiger partial charge < -0.3 is 0 Å². The number of imidazole rings is 1. The van der Waals surface area contributed by atoms with Crippen LogP contribution < -0.4 is 0 Å². The van der Waals surface area contributed by atoms with Crippen molar-refractivity contribution in [2.24, 2.45) is 0 Å². The van der Waals surface area contributed by atoms with Gasteiger partial charge in [0, 0.05) is 16.3 Å². The largest absolute Gasteiger partial charge is 0.292 e. The Labute approximate surface area is 137 Å². The Hall–Kier alpha value is -2.65. The third kappa shape index (κ3) is 2.49. The van der Waals surface area contributed by atoms with Crippen molar-refractivity contribution in [3.63, 3.8) is 0 Å². The van der Waals surface area contributed by atoms with Crippen LogP contribution in [-0.2, 0) is 0 Å². The van der Waals surface area contributed by atoms with E-state index in [4.69, 9.17) is 16.6 Å². The van der Waals surface area contributed by atoms with Crippen molar-refractivity contribution >= 4 is 22.6 Å². The fraction of sp³-hybridized carbons (Fsp3) is 0. The molecule has 2 nitrogen and oxygen atoms in total. The van der Waals surface area contributed by atoms with Gasteiger partial charge in [0.2, 0.25) is 0 Å². The summed E-state index contributed by atoms with van der Waals surface area (Å²) in [4.78, 5) is 4.72. The molecule has 0 fully saturated rings. The van der Waals surface area contributed by atoms with Gasteiger partial charge in [-0.3, -0.25) is 4.57 Å². The number of fused-ring (bicyclic) bond motifs is 1. The quantitative estimate of drug-likeness (QED) is 0.477. The van der Waals surface area contributed by atoms with Gasteiger partial charge in [0.05, 0.1) is 11.0 Å². The topological polar surface area (TPSA) is 17.8 Å². The van der Waals surface area contributed by atoms with E-state index in [1.54, 1.807) is 12.1 Å². The van der Waals surface area contributed by atoms with Crippen molar-refractivity contribution in [3.05, 3.63) is 83.6 Å². The molecule has 0 spiro atoms. The highest BCUT2D eigenvalue weighted by atomic mass is 35.5. The van der Waals surface area contributed by atoms with Crippen LogP contribution in [0.25, 0.3) is 28.1 Å². The van der Waals surface area contributed by atoms with Gasteiger partial charge in [-0.05, 0) is 60.7 Å². The number of hydrogen-bond donors (Lipinski definition) is 0. The van der Waals surface area contributed by atoms with Gasteiger partial charge in [0.15, 0.2) is 0 Å². The molecule has 0 aliphatic heterocycles. The summed E-state index contributed by atoms with van der Waals surface area (Å²) < 4.78 is 15.3. The Bertz CT molecular complexity index is 973. The maximum atomic E-state index is 13.2. The molecular weight excluding hydrogens is 311 g/mol. The smallest absolute Gasteiger partial charge is 0.145 e. The van der Waals surface area contributed by atoms with E-state index in [0.29, 0.717) is 5.02 Å². The first-order valence-corrected chi connectivity index (χ1v) is 7.59. The van der Waals surface area contributed by atoms with Gasteiger partial charge in [0.25, 0.3) is 0 Å². The van der Waals surface area contributed by atoms with E-state index in [1.165, 1.54) is 12.1 Å². The first-order valence-electron chi connectivity index (χ1n) is 7.22. The Morgan fingerprint density at radius 1 is 0.826 bits per heavy atom. The highest BCUT2D eigenvalue weighted by Gasteiger charge is 2.13. The summed E-state index contributed by atoms with van der Waals surface area (Å²) in [6.45, 7) is 0. The van der Waals surface area contributed by atoms with E-state index < -0.39 is 0 Å². The molecule has 3 aromatic carbocycles. The Balaban J connectivity index is 2.01. The molecule has 0 saturated carbocycles. The molecule has 0 atom stereocenters. The van der Waals surface area contributed by atoms with E-state index in [1.807, 2.05) is 48.5 Å². The number of rotatable bonds is 2. The van der Waals surface area contributed by atoms with Crippen molar-refractivity contribution in [1.82, 2.24) is 9.55 Å². The van der Waals surface area contributed by atoms with Crippen LogP contribution in [-0.4, -0.2) is 9.55 Å². The Kier molecular flexibility index (Phi) is 3.36. The molecule has 112 valence electrons. The van der Waals surface area contributed by atoms with Gasteiger partial charge >= 0.3 is 0 Å². The summed E-state index contributed by atoms with van der Waals surface area (Å²) in [5.74, 6) is 0.511. The number of nitrogens with zero attached hydrogens (tertiary/aromatic N) is 2. The zero-order valence-electron chi connectivity index (χ0n) is 12.1. The normalized spacial score (nSPS) is 11.0. The minimum atomic E-state index is -0.261. The molecule has 0 unspecified atom stereocenters. The van der Waals surface area contributed by atoms with Crippen molar-refractivity contribution in [3.8, 4) is 17.1 Å². The zero-order valence-corrected chi connectivity index (χ0v) is 12.8. The van der Waals surface area contributed by atoms with Crippen LogP contribution in [0, 0.1) is 5.82 Å². The summed E-state index contributed by atoms with van der Waals surface area (Å²) in [5.41, 5.74) is 3.70. The second-order valence-electron chi connectivity index (χ2n) is 5.24. The Morgan fingerprint density at radius 2 is 1.52 bits per heavy atom. The van der Waals surface area contributed by atoms with Gasteiger partial charge in [-0.15, -0.1) is 0 Å². The van der Waals surface area contributed by atoms with E-state index >= 15 is 0 Å². The predicted molar refractivity (Wildman–Crippen MR) is 91.5 cm³/mol. The predicted octanol–water partition coefficient (Wildman–Crippen LogP) is 5.49. The van der Waals surface area contributed by atoms with Crippen LogP contribution in [0.3, 0.4) is 0 Å². The molecule has 0 bridgehead atoms. The zero-order chi connectivity index (χ0) is 15.8. The lowest BCUT2D eigenvalue weighted by Crippen LogP contribution is -1.97. The standard InChI is InChI=1S/C19H12ClFN2/c20-14-7-11-16(12-8-14)23-18-4-2-1-3-17(18)22-19(23)13-5-9-15(21)10-6-13/h1-12H. The monoisotopic (exact) mass is 322 g/mol. The third-order valence-corrected chi connectivity index (χ3v) is 4.00. The van der Waals surface area contributed by atoms with Gasteiger partial charge in [0.1, 0.15) is 11.6 Å². The summed E-state index contributed by atoms with van der Waals surface area (Å²) in [5, 5.41) is 0.682. The minimum Gasteiger partial charge on any atom is -0.292 e. The van der Waals surface area contributed by atoms with E-state index in [0.717, 1.165) is 28.1 Å². The van der Waals surface area contributed by atoms with Gasteiger partial charge in [-0.2, -0.15) is 0 Å². The van der Waals surface area contributed by atoms with Gasteiger partial charge in [-0.25, -0.2) is 9.37 Å². The fourth-order valence-electron chi connectivity index (χ4n) is 2.67. The molecule has 1 aromatic heterocycles. The summed E-state index contributed by atoms with van der Waals surface area (Å²) in [7, 11) is 0. The molecule has 0 aliphatic carbocycles. The van der Waals surface area contributed by atoms with Crippen LogP contribution >= 0.6 is 11.6 Å². The van der Waals surface area contributed by atoms with Crippen molar-refractivity contribution in [2.75, 3.05) is 0 Å². The maximum absolute atomic E-state index is 13.2. The molecule has 0 aliphatic rings. The second kappa shape index (κ2) is 5.52. The SMILES string of the molecule is Fc1ccc(-c2nc3ccccc3n2-c2ccc(Cl)cc2)cc1. The van der Waals surface area contributed by atoms with Crippen molar-refractivity contribution in [2.45, 2.75) is 0 Å². The maximum Gasteiger partial charge on any atom is 0.145 e. The summed E-state index contributed by atoms with van der Waals surface area (Å²) >= 11 is 6.00. The van der Waals surface area contributed by atoms with Crippen LogP contribution in [0.5, 0.6) is 0 Å². The average Bonchev–Trinajstić information content (AvgIpc) is 2.96. The van der Waals surface area contributed by atoms with Crippen LogP contribution in [0.15, 0.2) is 72.8 Å². The molecule has 0 saturated heterocycles. The average molecular weight is 323 g/mol. The molecule has 4 aromatic rings. The molecule has 0 radical (unpaired) electrons. The van der Waals surface area contributed by atoms with Crippen molar-refractivity contribution in [1.29, 1.82) is 0 Å². The van der Waals surface area contributed by atoms with Crippen LogP contribution in [0.1, 0.15) is 0 Å². The third-order valence-electron chi connectivity index (χ3n) is 3.75. The number of aromatic nitrogens is 2. The molecular formula is C19H12ClFN2. The van der Waals surface area contributed by atoms with E-state index in [9.17, 15) is 4.39 Å². The lowest BCUT2D eigenvalue weighted by Gasteiger charge is -2.09. The minimum absolute atomic E-state index is 0.261. The molecule has 23 heavy (non-hydrogen) atoms. The lowest BCUT2D eigenvalue weighted by molar-refractivity contribution is 0.628. The van der Waals surface area contributed by atoms with Crippen LogP contribution in [0.4, 0.5) is 4.39 Å². The molecule has 4 heteroatoms. The molecule has 4 rings (SSSR count). The number of halogens is 2. The molecule has 1 heterocycles. The lowest BCUT2D eigenvalue weighted by atomic mass is 10.2. The first-order chi connectivity index (χ1) is 11.2. The number of benzene rings is 3. The highest BCUT2D eigenvalue weighted by Crippen LogP contribution is 2.29. The summed E-state index contributed by atoms with van der Waals surface area (Å²) in [6, 6.07) is 21.9. The van der Waals surface area contributed by atoms with E-state index in [-0.39, 0.29) is 5.82 Å². The second-order valence-corrected chi connectivity index (χ2v) is 5.68.